The van der Waals surface area contributed by atoms with Crippen molar-refractivity contribution in [1.29, 1.82) is 0 Å². The summed E-state index contributed by atoms with van der Waals surface area (Å²) >= 11 is 0. The van der Waals surface area contributed by atoms with E-state index in [-0.39, 0.29) is 0 Å². The number of rotatable bonds is 3. The van der Waals surface area contributed by atoms with E-state index in [1.165, 1.54) is 12.8 Å². The molecule has 2 aliphatic heterocycles. The Bertz CT molecular complexity index is 254. The molecule has 0 aromatic carbocycles. The number of carbonyl (C=O) groups excluding carboxylic acids is 1. The zero-order valence-corrected chi connectivity index (χ0v) is 9.13. The predicted molar refractivity (Wildman–Crippen MR) is 58.5 cm³/mol. The molecule has 0 bridgehead atoms. The third kappa shape index (κ3) is 3.06. The second kappa shape index (κ2) is 5.31. The van der Waals surface area contributed by atoms with Crippen LogP contribution >= 0.6 is 0 Å². The van der Waals surface area contributed by atoms with E-state index in [9.17, 15) is 4.79 Å². The first-order valence-corrected chi connectivity index (χ1v) is 5.91. The van der Waals surface area contributed by atoms with E-state index in [1.807, 2.05) is 0 Å². The molecule has 0 aromatic rings. The fourth-order valence-corrected chi connectivity index (χ4v) is 2.26. The Morgan fingerprint density at radius 1 is 1.53 bits per heavy atom. The third-order valence-corrected chi connectivity index (χ3v) is 3.17. The Labute approximate surface area is 90.9 Å². The third-order valence-electron chi connectivity index (χ3n) is 3.17. The summed E-state index contributed by atoms with van der Waals surface area (Å²) in [5.74, 6) is 0.831. The molecular formula is C12H19NO2. The normalized spacial score (nSPS) is 26.7. The quantitative estimate of drug-likeness (QED) is 0.768. The van der Waals surface area contributed by atoms with Crippen molar-refractivity contribution in [3.63, 3.8) is 0 Å². The van der Waals surface area contributed by atoms with Crippen molar-refractivity contribution >= 4 is 5.78 Å². The maximum absolute atomic E-state index is 11.9. The zero-order valence-electron chi connectivity index (χ0n) is 9.13. The van der Waals surface area contributed by atoms with Gasteiger partial charge in [-0.25, -0.2) is 0 Å². The first-order chi connectivity index (χ1) is 7.36. The first-order valence-electron chi connectivity index (χ1n) is 5.91. The van der Waals surface area contributed by atoms with E-state index in [4.69, 9.17) is 4.74 Å². The van der Waals surface area contributed by atoms with Gasteiger partial charge in [-0.1, -0.05) is 0 Å². The maximum Gasteiger partial charge on any atom is 0.162 e. The maximum atomic E-state index is 11.9. The molecule has 1 N–H and O–H groups in total. The SMILES string of the molecule is O=C(CC1CCCNC1)C1=COCCC1. The molecule has 3 nitrogen and oxygen atoms in total. The first kappa shape index (κ1) is 10.7. The lowest BCUT2D eigenvalue weighted by Crippen LogP contribution is -2.31. The fourth-order valence-electron chi connectivity index (χ4n) is 2.26. The summed E-state index contributed by atoms with van der Waals surface area (Å²) in [4.78, 5) is 11.9. The topological polar surface area (TPSA) is 38.3 Å². The van der Waals surface area contributed by atoms with Crippen LogP contribution in [-0.2, 0) is 9.53 Å². The van der Waals surface area contributed by atoms with Crippen molar-refractivity contribution in [2.75, 3.05) is 19.7 Å². The summed E-state index contributed by atoms with van der Waals surface area (Å²) in [6.45, 7) is 2.87. The monoisotopic (exact) mass is 209 g/mol. The molecule has 1 fully saturated rings. The molecule has 2 heterocycles. The molecule has 2 rings (SSSR count). The highest BCUT2D eigenvalue weighted by Crippen LogP contribution is 2.20. The van der Waals surface area contributed by atoms with Gasteiger partial charge in [0, 0.05) is 12.0 Å². The number of hydrogen-bond acceptors (Lipinski definition) is 3. The van der Waals surface area contributed by atoms with Gasteiger partial charge < -0.3 is 10.1 Å². The van der Waals surface area contributed by atoms with Crippen LogP contribution < -0.4 is 5.32 Å². The summed E-state index contributed by atoms with van der Waals surface area (Å²) in [5.41, 5.74) is 0.895. The zero-order chi connectivity index (χ0) is 10.5. The Balaban J connectivity index is 1.82. The number of ether oxygens (including phenoxy) is 1. The number of ketones is 1. The van der Waals surface area contributed by atoms with Gasteiger partial charge in [-0.05, 0) is 44.7 Å². The minimum atomic E-state index is 0.295. The van der Waals surface area contributed by atoms with E-state index < -0.39 is 0 Å². The largest absolute Gasteiger partial charge is 0.501 e. The van der Waals surface area contributed by atoms with E-state index in [0.29, 0.717) is 18.1 Å². The van der Waals surface area contributed by atoms with Crippen molar-refractivity contribution in [2.24, 2.45) is 5.92 Å². The molecular weight excluding hydrogens is 190 g/mol. The molecule has 0 radical (unpaired) electrons. The second-order valence-corrected chi connectivity index (χ2v) is 4.46. The van der Waals surface area contributed by atoms with Crippen molar-refractivity contribution in [3.05, 3.63) is 11.8 Å². The van der Waals surface area contributed by atoms with E-state index in [2.05, 4.69) is 5.32 Å². The fraction of sp³-hybridized carbons (Fsp3) is 0.750. The minimum absolute atomic E-state index is 0.295. The molecule has 0 aromatic heterocycles. The summed E-state index contributed by atoms with van der Waals surface area (Å²) in [6, 6.07) is 0. The van der Waals surface area contributed by atoms with Crippen LogP contribution in [-0.4, -0.2) is 25.5 Å². The summed E-state index contributed by atoms with van der Waals surface area (Å²) < 4.78 is 5.19. The van der Waals surface area contributed by atoms with E-state index in [0.717, 1.165) is 38.1 Å². The van der Waals surface area contributed by atoms with Crippen LogP contribution in [0.3, 0.4) is 0 Å². The number of hydrogen-bond donors (Lipinski definition) is 1. The lowest BCUT2D eigenvalue weighted by atomic mass is 9.91. The van der Waals surface area contributed by atoms with Crippen molar-refractivity contribution in [3.8, 4) is 0 Å². The summed E-state index contributed by atoms with van der Waals surface area (Å²) in [5, 5.41) is 3.34. The van der Waals surface area contributed by atoms with Crippen molar-refractivity contribution in [1.82, 2.24) is 5.32 Å². The summed E-state index contributed by atoms with van der Waals surface area (Å²) in [7, 11) is 0. The smallest absolute Gasteiger partial charge is 0.162 e. The number of piperidine rings is 1. The van der Waals surface area contributed by atoms with Gasteiger partial charge in [0.25, 0.3) is 0 Å². The van der Waals surface area contributed by atoms with Gasteiger partial charge in [0.15, 0.2) is 5.78 Å². The van der Waals surface area contributed by atoms with Gasteiger partial charge in [-0.2, -0.15) is 0 Å². The average Bonchev–Trinajstić information content (AvgIpc) is 2.31. The highest BCUT2D eigenvalue weighted by molar-refractivity contribution is 5.95. The standard InChI is InChI=1S/C12H19NO2/c14-12(11-4-2-6-15-9-11)7-10-3-1-5-13-8-10/h9-10,13H,1-8H2. The van der Waals surface area contributed by atoms with Crippen LogP contribution in [0, 0.1) is 5.92 Å². The lowest BCUT2D eigenvalue weighted by Gasteiger charge is -2.22. The molecule has 0 aliphatic carbocycles. The molecule has 1 unspecified atom stereocenters. The predicted octanol–water partition coefficient (Wildman–Crippen LogP) is 1.64. The van der Waals surface area contributed by atoms with Gasteiger partial charge in [0.1, 0.15) is 0 Å². The van der Waals surface area contributed by atoms with Crippen LogP contribution in [0.15, 0.2) is 11.8 Å². The molecule has 0 amide bonds. The Hall–Kier alpha value is -0.830. The molecule has 1 saturated heterocycles. The molecule has 3 heteroatoms. The van der Waals surface area contributed by atoms with Crippen LogP contribution in [0.25, 0.3) is 0 Å². The number of nitrogens with one attached hydrogen (secondary N) is 1. The van der Waals surface area contributed by atoms with Crippen molar-refractivity contribution < 1.29 is 9.53 Å². The summed E-state index contributed by atoms with van der Waals surface area (Å²) in [6.07, 6.45) is 6.64. The van der Waals surface area contributed by atoms with Crippen LogP contribution in [0.4, 0.5) is 0 Å². The van der Waals surface area contributed by atoms with Gasteiger partial charge in [-0.3, -0.25) is 4.79 Å². The van der Waals surface area contributed by atoms with Gasteiger partial charge in [-0.15, -0.1) is 0 Å². The Kier molecular flexibility index (Phi) is 3.78. The molecule has 1 atom stereocenters. The molecule has 15 heavy (non-hydrogen) atoms. The molecule has 2 aliphatic rings. The average molecular weight is 209 g/mol. The van der Waals surface area contributed by atoms with Crippen LogP contribution in [0.1, 0.15) is 32.1 Å². The molecule has 0 spiro atoms. The highest BCUT2D eigenvalue weighted by Gasteiger charge is 2.20. The van der Waals surface area contributed by atoms with Crippen LogP contribution in [0.2, 0.25) is 0 Å². The van der Waals surface area contributed by atoms with E-state index in [1.54, 1.807) is 6.26 Å². The number of carbonyl (C=O) groups is 1. The van der Waals surface area contributed by atoms with Crippen molar-refractivity contribution in [2.45, 2.75) is 32.1 Å². The second-order valence-electron chi connectivity index (χ2n) is 4.46. The Morgan fingerprint density at radius 2 is 2.47 bits per heavy atom. The van der Waals surface area contributed by atoms with E-state index >= 15 is 0 Å². The number of allylic oxidation sites excluding steroid dienone is 1. The van der Waals surface area contributed by atoms with Gasteiger partial charge in [0.05, 0.1) is 12.9 Å². The molecule has 84 valence electrons. The molecule has 0 saturated carbocycles. The van der Waals surface area contributed by atoms with Gasteiger partial charge in [0.2, 0.25) is 0 Å². The minimum Gasteiger partial charge on any atom is -0.501 e. The van der Waals surface area contributed by atoms with Gasteiger partial charge >= 0.3 is 0 Å². The Morgan fingerprint density at radius 3 is 3.13 bits per heavy atom. The number of Topliss-reactive ketones (excluding diaryl/α,β-unsaturated/α-hetero) is 1. The van der Waals surface area contributed by atoms with Crippen LogP contribution in [0.5, 0.6) is 0 Å². The lowest BCUT2D eigenvalue weighted by molar-refractivity contribution is -0.117. The highest BCUT2D eigenvalue weighted by atomic mass is 16.5.